The molecular weight excluding hydrogens is 142 g/mol. The Labute approximate surface area is 54.4 Å². The lowest BCUT2D eigenvalue weighted by molar-refractivity contribution is 0.0953. The fraction of sp³-hybridized carbons (Fsp3) is 0. The predicted molar refractivity (Wildman–Crippen MR) is 25.9 cm³/mol. The minimum absolute atomic E-state index is 0.216. The van der Waals surface area contributed by atoms with Crippen molar-refractivity contribution in [2.45, 2.75) is 0 Å². The van der Waals surface area contributed by atoms with Crippen LogP contribution < -0.4 is 4.74 Å². The Morgan fingerprint density at radius 1 is 1.80 bits per heavy atom. The lowest BCUT2D eigenvalue weighted by Gasteiger charge is -1.93. The molecule has 0 aromatic carbocycles. The summed E-state index contributed by atoms with van der Waals surface area (Å²) in [5.74, 6) is -0.340. The van der Waals surface area contributed by atoms with Crippen LogP contribution in [0.3, 0.4) is 0 Å². The van der Waals surface area contributed by atoms with E-state index in [9.17, 15) is 4.79 Å². The van der Waals surface area contributed by atoms with E-state index in [1.165, 1.54) is 0 Å². The first-order valence-corrected chi connectivity index (χ1v) is 2.21. The molecule has 54 valence electrons. The van der Waals surface area contributed by atoms with Crippen LogP contribution >= 0.6 is 0 Å². The number of nitrogens with zero attached hydrogens (tertiary/aromatic N) is 3. The third-order valence-electron chi connectivity index (χ3n) is 0.694. The molecule has 0 aliphatic carbocycles. The molecule has 0 saturated heterocycles. The Hall–Kier alpha value is -1.79. The zero-order valence-corrected chi connectivity index (χ0v) is 4.63. The van der Waals surface area contributed by atoms with Crippen LogP contribution in [0.15, 0.2) is 6.20 Å². The van der Waals surface area contributed by atoms with Crippen LogP contribution in [-0.4, -0.2) is 31.6 Å². The van der Waals surface area contributed by atoms with E-state index in [2.05, 4.69) is 15.0 Å². The minimum Gasteiger partial charge on any atom is -0.449 e. The molecule has 10 heavy (non-hydrogen) atoms. The van der Waals surface area contributed by atoms with Gasteiger partial charge in [-0.25, -0.2) is 4.79 Å². The van der Waals surface area contributed by atoms with E-state index >= 15 is 0 Å². The first-order chi connectivity index (χ1) is 4.70. The topological polar surface area (TPSA) is 97.5 Å². The Kier molecular flexibility index (Phi) is 1.40. The molecule has 0 fully saturated rings. The first-order valence-electron chi connectivity index (χ1n) is 2.21. The Morgan fingerprint density at radius 2 is 2.50 bits per heavy atom. The molecule has 0 aliphatic heterocycles. The summed E-state index contributed by atoms with van der Waals surface area (Å²) in [6.07, 6.45) is -0.564. The van der Waals surface area contributed by atoms with Crippen molar-refractivity contribution in [2.75, 3.05) is 0 Å². The van der Waals surface area contributed by atoms with Gasteiger partial charge in [-0.2, -0.15) is 0 Å². The zero-order valence-electron chi connectivity index (χ0n) is 4.63. The van der Waals surface area contributed by atoms with Gasteiger partial charge in [-0.1, -0.05) is 0 Å². The highest BCUT2D eigenvalue weighted by molar-refractivity contribution is 5.59. The summed E-state index contributed by atoms with van der Waals surface area (Å²) >= 11 is 0. The number of aromatic nitrogens is 3. The summed E-state index contributed by atoms with van der Waals surface area (Å²) in [7, 11) is 0. The number of rotatable bonds is 1. The van der Waals surface area contributed by atoms with Crippen molar-refractivity contribution < 1.29 is 19.8 Å². The van der Waals surface area contributed by atoms with Gasteiger partial charge >= 0.3 is 6.16 Å². The van der Waals surface area contributed by atoms with Gasteiger partial charge in [-0.05, 0) is 10.1 Å². The van der Waals surface area contributed by atoms with Crippen molar-refractivity contribution in [3.8, 4) is 5.88 Å². The van der Waals surface area contributed by atoms with Crippen LogP contribution in [0.2, 0.25) is 0 Å². The highest BCUT2D eigenvalue weighted by Gasteiger charge is 2.06. The van der Waals surface area contributed by atoms with E-state index in [1.54, 1.807) is 0 Å². The number of carboxylic acid groups (broad SMARTS) is 1. The summed E-state index contributed by atoms with van der Waals surface area (Å²) in [6, 6.07) is 0. The van der Waals surface area contributed by atoms with Gasteiger partial charge in [-0.15, -0.1) is 5.10 Å². The quantitative estimate of drug-likeness (QED) is 0.411. The molecule has 1 aromatic rings. The largest absolute Gasteiger partial charge is 0.512 e. The smallest absolute Gasteiger partial charge is 0.449 e. The zero-order chi connectivity index (χ0) is 7.56. The molecule has 1 heterocycles. The van der Waals surface area contributed by atoms with Gasteiger partial charge in [0.15, 0.2) is 0 Å². The standard InChI is InChI=1S/C3H3N3O4/c7-3(8)10-2-1-4-5-6(2)9/h1,9H,(H,7,8). The highest BCUT2D eigenvalue weighted by atomic mass is 16.7. The van der Waals surface area contributed by atoms with E-state index in [-0.39, 0.29) is 10.7 Å². The SMILES string of the molecule is O=C(O)Oc1cnnn1O. The molecule has 1 rings (SSSR count). The van der Waals surface area contributed by atoms with Crippen LogP contribution in [0.5, 0.6) is 5.88 Å². The lowest BCUT2D eigenvalue weighted by Crippen LogP contribution is -2.07. The third-order valence-corrected chi connectivity index (χ3v) is 0.694. The van der Waals surface area contributed by atoms with Crippen molar-refractivity contribution in [3.63, 3.8) is 0 Å². The van der Waals surface area contributed by atoms with Crippen LogP contribution in [0, 0.1) is 0 Å². The minimum atomic E-state index is -1.53. The maximum Gasteiger partial charge on any atom is 0.512 e. The van der Waals surface area contributed by atoms with Crippen LogP contribution in [0.1, 0.15) is 0 Å². The monoisotopic (exact) mass is 145 g/mol. The Morgan fingerprint density at radius 3 is 2.90 bits per heavy atom. The van der Waals surface area contributed by atoms with E-state index in [4.69, 9.17) is 10.3 Å². The summed E-state index contributed by atoms with van der Waals surface area (Å²) in [4.78, 5) is 10.0. The molecule has 0 amide bonds. The molecule has 7 heteroatoms. The number of carbonyl (C=O) groups is 1. The first kappa shape index (κ1) is 6.33. The summed E-state index contributed by atoms with van der Waals surface area (Å²) in [5, 5.41) is 22.7. The van der Waals surface area contributed by atoms with Gasteiger partial charge in [0.05, 0.1) is 0 Å². The predicted octanol–water partition coefficient (Wildman–Crippen LogP) is -0.428. The molecule has 0 unspecified atom stereocenters. The van der Waals surface area contributed by atoms with Crippen molar-refractivity contribution in [1.82, 2.24) is 15.2 Å². The Bertz CT molecular complexity index is 244. The van der Waals surface area contributed by atoms with Crippen molar-refractivity contribution in [1.29, 1.82) is 0 Å². The molecule has 0 aliphatic rings. The van der Waals surface area contributed by atoms with Crippen molar-refractivity contribution in [3.05, 3.63) is 6.20 Å². The molecule has 1 aromatic heterocycles. The maximum atomic E-state index is 9.82. The molecule has 0 bridgehead atoms. The maximum absolute atomic E-state index is 9.82. The fourth-order valence-corrected chi connectivity index (χ4v) is 0.376. The van der Waals surface area contributed by atoms with E-state index in [1.807, 2.05) is 0 Å². The van der Waals surface area contributed by atoms with Gasteiger partial charge in [-0.3, -0.25) is 0 Å². The highest BCUT2D eigenvalue weighted by Crippen LogP contribution is 2.03. The molecule has 7 nitrogen and oxygen atoms in total. The summed E-state index contributed by atoms with van der Waals surface area (Å²) < 4.78 is 3.99. The average molecular weight is 145 g/mol. The van der Waals surface area contributed by atoms with Crippen molar-refractivity contribution in [2.24, 2.45) is 0 Å². The van der Waals surface area contributed by atoms with Gasteiger partial charge in [0.25, 0.3) is 5.88 Å². The molecule has 2 N–H and O–H groups in total. The number of hydrogen-bond donors (Lipinski definition) is 2. The normalized spacial score (nSPS) is 9.20. The lowest BCUT2D eigenvalue weighted by atomic mass is 10.8. The van der Waals surface area contributed by atoms with Crippen LogP contribution in [0.4, 0.5) is 4.79 Å². The van der Waals surface area contributed by atoms with E-state index < -0.39 is 6.16 Å². The van der Waals surface area contributed by atoms with E-state index in [0.717, 1.165) is 6.20 Å². The second kappa shape index (κ2) is 2.21. The number of ether oxygens (including phenoxy) is 1. The Balaban J connectivity index is 2.74. The molecule has 0 radical (unpaired) electrons. The van der Waals surface area contributed by atoms with Gasteiger partial charge in [0.1, 0.15) is 6.20 Å². The third kappa shape index (κ3) is 1.13. The van der Waals surface area contributed by atoms with Crippen LogP contribution in [-0.2, 0) is 0 Å². The second-order valence-corrected chi connectivity index (χ2v) is 1.33. The molecular formula is C3H3N3O4. The molecule has 0 atom stereocenters. The van der Waals surface area contributed by atoms with Gasteiger partial charge in [0.2, 0.25) is 0 Å². The molecule has 0 spiro atoms. The van der Waals surface area contributed by atoms with Gasteiger partial charge < -0.3 is 15.1 Å². The summed E-state index contributed by atoms with van der Waals surface area (Å²) in [5.41, 5.74) is 0. The fourth-order valence-electron chi connectivity index (χ4n) is 0.376. The van der Waals surface area contributed by atoms with Gasteiger partial charge in [0, 0.05) is 0 Å². The summed E-state index contributed by atoms with van der Waals surface area (Å²) in [6.45, 7) is 0. The number of hydrogen-bond acceptors (Lipinski definition) is 5. The van der Waals surface area contributed by atoms with Crippen molar-refractivity contribution >= 4 is 6.16 Å². The van der Waals surface area contributed by atoms with E-state index in [0.29, 0.717) is 0 Å². The molecule has 0 saturated carbocycles. The average Bonchev–Trinajstić information content (AvgIpc) is 2.15. The van der Waals surface area contributed by atoms with Crippen LogP contribution in [0.25, 0.3) is 0 Å². The second-order valence-electron chi connectivity index (χ2n) is 1.33.